The van der Waals surface area contributed by atoms with Crippen LogP contribution in [0.4, 0.5) is 5.69 Å². The topological polar surface area (TPSA) is 75.6 Å². The number of halogens is 2. The molecule has 5 nitrogen and oxygen atoms in total. The summed E-state index contributed by atoms with van der Waals surface area (Å²) in [6, 6.07) is 11.8. The van der Waals surface area contributed by atoms with Crippen molar-refractivity contribution in [2.75, 3.05) is 5.32 Å². The lowest BCUT2D eigenvalue weighted by atomic mass is 9.82. The summed E-state index contributed by atoms with van der Waals surface area (Å²) in [5.41, 5.74) is 0.453. The van der Waals surface area contributed by atoms with Crippen LogP contribution in [0, 0.1) is 23.7 Å². The molecule has 1 saturated carbocycles. The highest BCUT2D eigenvalue weighted by Gasteiger charge is 2.51. The molecule has 0 unspecified atom stereocenters. The van der Waals surface area contributed by atoms with Crippen molar-refractivity contribution < 1.29 is 19.4 Å². The number of nitrogens with one attached hydrogen (secondary N) is 1. The van der Waals surface area contributed by atoms with E-state index in [4.69, 9.17) is 27.9 Å². The first-order chi connectivity index (χ1) is 13.4. The number of amides is 1. The van der Waals surface area contributed by atoms with Crippen LogP contribution in [0.25, 0.3) is 0 Å². The third kappa shape index (κ3) is 3.48. The van der Waals surface area contributed by atoms with E-state index >= 15 is 0 Å². The number of benzene rings is 2. The van der Waals surface area contributed by atoms with E-state index in [1.165, 1.54) is 0 Å². The molecule has 2 N–H and O–H groups in total. The fraction of sp³-hybridized carbons (Fsp3) is 0.238. The molecule has 2 aromatic rings. The van der Waals surface area contributed by atoms with Crippen molar-refractivity contribution in [2.24, 2.45) is 23.7 Å². The van der Waals surface area contributed by atoms with E-state index in [9.17, 15) is 14.7 Å². The van der Waals surface area contributed by atoms with Gasteiger partial charge in [-0.15, -0.1) is 0 Å². The molecule has 4 atom stereocenters. The summed E-state index contributed by atoms with van der Waals surface area (Å²) in [5.74, 6) is -1.88. The van der Waals surface area contributed by atoms with Crippen LogP contribution in [0.2, 0.25) is 10.0 Å². The molecule has 1 fully saturated rings. The molecule has 4 rings (SSSR count). The van der Waals surface area contributed by atoms with Crippen LogP contribution in [-0.4, -0.2) is 17.0 Å². The zero-order valence-corrected chi connectivity index (χ0v) is 16.2. The molecule has 2 aliphatic carbocycles. The second-order valence-corrected chi connectivity index (χ2v) is 7.84. The molecule has 28 heavy (non-hydrogen) atoms. The fourth-order valence-electron chi connectivity index (χ4n) is 4.07. The number of carbonyl (C=O) groups is 2. The number of carboxylic acids is 1. The number of allylic oxidation sites excluding steroid dienone is 2. The molecule has 0 aromatic heterocycles. The van der Waals surface area contributed by atoms with E-state index < -0.39 is 17.8 Å². The van der Waals surface area contributed by atoms with Crippen molar-refractivity contribution >= 4 is 40.8 Å². The molecular formula is C21H17Cl2NO4. The Hall–Kier alpha value is -2.50. The number of para-hydroxylation sites is 2. The Bertz CT molecular complexity index is 975. The van der Waals surface area contributed by atoms with Gasteiger partial charge >= 0.3 is 5.97 Å². The molecule has 144 valence electrons. The van der Waals surface area contributed by atoms with Crippen molar-refractivity contribution in [1.82, 2.24) is 0 Å². The zero-order chi connectivity index (χ0) is 19.8. The second-order valence-electron chi connectivity index (χ2n) is 7.00. The van der Waals surface area contributed by atoms with E-state index in [2.05, 4.69) is 5.32 Å². The van der Waals surface area contributed by atoms with E-state index in [1.807, 2.05) is 12.2 Å². The number of hydrogen-bond acceptors (Lipinski definition) is 3. The van der Waals surface area contributed by atoms with Crippen LogP contribution in [0.5, 0.6) is 11.5 Å². The Morgan fingerprint density at radius 2 is 1.71 bits per heavy atom. The molecule has 0 saturated heterocycles. The first-order valence-electron chi connectivity index (χ1n) is 8.88. The third-order valence-corrected chi connectivity index (χ3v) is 5.84. The van der Waals surface area contributed by atoms with Crippen LogP contribution in [-0.2, 0) is 9.59 Å². The lowest BCUT2D eigenvalue weighted by Gasteiger charge is -2.24. The first kappa shape index (κ1) is 18.8. The summed E-state index contributed by atoms with van der Waals surface area (Å²) in [5, 5.41) is 13.2. The summed E-state index contributed by atoms with van der Waals surface area (Å²) in [6.45, 7) is 0. The predicted octanol–water partition coefficient (Wildman–Crippen LogP) is 5.25. The van der Waals surface area contributed by atoms with E-state index in [1.54, 1.807) is 42.5 Å². The molecule has 1 amide bonds. The second kappa shape index (κ2) is 7.49. The minimum atomic E-state index is -0.936. The van der Waals surface area contributed by atoms with E-state index in [0.717, 1.165) is 0 Å². The number of aliphatic carboxylic acids is 1. The van der Waals surface area contributed by atoms with E-state index in [0.29, 0.717) is 33.7 Å². The first-order valence-corrected chi connectivity index (χ1v) is 9.63. The van der Waals surface area contributed by atoms with E-state index in [-0.39, 0.29) is 17.7 Å². The number of hydrogen-bond donors (Lipinski definition) is 2. The van der Waals surface area contributed by atoms with Crippen LogP contribution in [0.1, 0.15) is 6.42 Å². The molecule has 0 spiro atoms. The molecule has 2 aliphatic rings. The van der Waals surface area contributed by atoms with Gasteiger partial charge < -0.3 is 15.2 Å². The Kier molecular flexibility index (Phi) is 5.04. The number of anilines is 1. The largest absolute Gasteiger partial charge is 0.481 e. The van der Waals surface area contributed by atoms with Gasteiger partial charge in [0.1, 0.15) is 5.75 Å². The number of fused-ring (bicyclic) bond motifs is 2. The van der Waals surface area contributed by atoms with Crippen LogP contribution in [0.3, 0.4) is 0 Å². The van der Waals surface area contributed by atoms with Gasteiger partial charge in [0, 0.05) is 5.02 Å². The normalized spacial score (nSPS) is 24.9. The smallest absolute Gasteiger partial charge is 0.307 e. The number of ether oxygens (including phenoxy) is 1. The van der Waals surface area contributed by atoms with Gasteiger partial charge in [-0.25, -0.2) is 0 Å². The van der Waals surface area contributed by atoms with Crippen LogP contribution in [0.15, 0.2) is 54.6 Å². The highest BCUT2D eigenvalue weighted by atomic mass is 35.5. The van der Waals surface area contributed by atoms with Gasteiger partial charge in [-0.2, -0.15) is 0 Å². The maximum atomic E-state index is 12.9. The monoisotopic (exact) mass is 417 g/mol. The average Bonchev–Trinajstić information content (AvgIpc) is 3.27. The van der Waals surface area contributed by atoms with Crippen molar-refractivity contribution in [3.8, 4) is 11.5 Å². The average molecular weight is 418 g/mol. The highest BCUT2D eigenvalue weighted by Crippen LogP contribution is 2.48. The minimum Gasteiger partial charge on any atom is -0.481 e. The van der Waals surface area contributed by atoms with Gasteiger partial charge in [-0.1, -0.05) is 47.5 Å². The van der Waals surface area contributed by atoms with Gasteiger partial charge in [0.05, 0.1) is 22.5 Å². The summed E-state index contributed by atoms with van der Waals surface area (Å²) >= 11 is 12.1. The number of rotatable bonds is 5. The number of carbonyl (C=O) groups excluding carboxylic acids is 1. The molecular weight excluding hydrogens is 401 g/mol. The highest BCUT2D eigenvalue weighted by molar-refractivity contribution is 6.35. The standard InChI is InChI=1S/C21H17Cl2NO4/c22-13-7-8-16(14(23)10-13)28-17-4-2-1-3-15(17)24-20(25)18-11-5-6-12(9-11)19(18)21(26)27/h1-8,10-12,18-19H,9H2,(H,24,25)(H,26,27)/t11-,12+,18+,19+/m1/s1. The summed E-state index contributed by atoms with van der Waals surface area (Å²) in [6.07, 6.45) is 4.56. The molecule has 2 bridgehead atoms. The summed E-state index contributed by atoms with van der Waals surface area (Å²) in [7, 11) is 0. The molecule has 0 heterocycles. The summed E-state index contributed by atoms with van der Waals surface area (Å²) < 4.78 is 5.86. The van der Waals surface area contributed by atoms with Crippen molar-refractivity contribution in [1.29, 1.82) is 0 Å². The van der Waals surface area contributed by atoms with Crippen LogP contribution >= 0.6 is 23.2 Å². The summed E-state index contributed by atoms with van der Waals surface area (Å²) in [4.78, 5) is 24.6. The van der Waals surface area contributed by atoms with Gasteiger partial charge in [0.25, 0.3) is 0 Å². The lowest BCUT2D eigenvalue weighted by Crippen LogP contribution is -2.36. The molecule has 7 heteroatoms. The van der Waals surface area contributed by atoms with Gasteiger partial charge in [-0.05, 0) is 48.6 Å². The molecule has 2 aromatic carbocycles. The van der Waals surface area contributed by atoms with Gasteiger partial charge in [-0.3, -0.25) is 9.59 Å². The Balaban J connectivity index is 1.56. The maximum Gasteiger partial charge on any atom is 0.307 e. The number of carboxylic acid groups (broad SMARTS) is 1. The Morgan fingerprint density at radius 3 is 2.43 bits per heavy atom. The van der Waals surface area contributed by atoms with Gasteiger partial charge in [0.2, 0.25) is 5.91 Å². The Morgan fingerprint density at radius 1 is 1.00 bits per heavy atom. The SMILES string of the molecule is O=C(Nc1ccccc1Oc1ccc(Cl)cc1Cl)[C@@H]1[C@@H](C(=O)O)[C@H]2C=C[C@@H]1C2. The maximum absolute atomic E-state index is 12.9. The fourth-order valence-corrected chi connectivity index (χ4v) is 4.51. The van der Waals surface area contributed by atoms with Crippen molar-refractivity contribution in [2.45, 2.75) is 6.42 Å². The predicted molar refractivity (Wildman–Crippen MR) is 107 cm³/mol. The minimum absolute atomic E-state index is 0.0510. The van der Waals surface area contributed by atoms with Crippen molar-refractivity contribution in [3.05, 3.63) is 64.7 Å². The molecule has 0 radical (unpaired) electrons. The quantitative estimate of drug-likeness (QED) is 0.651. The Labute approximate surface area is 171 Å². The van der Waals surface area contributed by atoms with Crippen LogP contribution < -0.4 is 10.1 Å². The van der Waals surface area contributed by atoms with Crippen molar-refractivity contribution in [3.63, 3.8) is 0 Å². The lowest BCUT2D eigenvalue weighted by molar-refractivity contribution is -0.146. The molecule has 0 aliphatic heterocycles. The van der Waals surface area contributed by atoms with Gasteiger partial charge in [0.15, 0.2) is 5.75 Å². The third-order valence-electron chi connectivity index (χ3n) is 5.31. The zero-order valence-electron chi connectivity index (χ0n) is 14.6.